The smallest absolute Gasteiger partial charge is 0.101 e. The zero-order chi connectivity index (χ0) is 12.5. The molecule has 2 atom stereocenters. The maximum absolute atomic E-state index is 9.27. The first kappa shape index (κ1) is 11.4. The largest absolute Gasteiger partial charge is 0.399 e. The minimum atomic E-state index is 0.648. The Bertz CT molecular complexity index is 489. The van der Waals surface area contributed by atoms with Gasteiger partial charge in [-0.25, -0.2) is 0 Å². The average Bonchev–Trinajstić information content (AvgIpc) is 2.82. The fraction of sp³-hybridized carbons (Fsp3) is 0.533. The summed E-state index contributed by atoms with van der Waals surface area (Å²) in [5.74, 6) is 0.836. The van der Waals surface area contributed by atoms with Crippen molar-refractivity contribution in [1.29, 1.82) is 5.26 Å². The van der Waals surface area contributed by atoms with Crippen molar-refractivity contribution in [3.05, 3.63) is 23.8 Å². The molecule has 1 saturated heterocycles. The van der Waals surface area contributed by atoms with Gasteiger partial charge in [0.25, 0.3) is 0 Å². The van der Waals surface area contributed by atoms with Crippen LogP contribution in [0.1, 0.15) is 37.7 Å². The van der Waals surface area contributed by atoms with Crippen LogP contribution in [0.15, 0.2) is 18.2 Å². The van der Waals surface area contributed by atoms with Gasteiger partial charge in [-0.1, -0.05) is 12.8 Å². The van der Waals surface area contributed by atoms with E-state index >= 15 is 0 Å². The Morgan fingerprint density at radius 3 is 2.89 bits per heavy atom. The van der Waals surface area contributed by atoms with E-state index < -0.39 is 0 Å². The van der Waals surface area contributed by atoms with E-state index in [1.54, 1.807) is 6.07 Å². The van der Waals surface area contributed by atoms with Crippen LogP contribution < -0.4 is 10.6 Å². The second-order valence-corrected chi connectivity index (χ2v) is 5.48. The van der Waals surface area contributed by atoms with Gasteiger partial charge in [-0.2, -0.15) is 5.26 Å². The third kappa shape index (κ3) is 1.82. The SMILES string of the molecule is N#Cc1cc(N)ccc1N1CCC2CCCCC21. The first-order valence-electron chi connectivity index (χ1n) is 6.86. The van der Waals surface area contributed by atoms with Crippen molar-refractivity contribution in [2.24, 2.45) is 5.92 Å². The van der Waals surface area contributed by atoms with Crippen molar-refractivity contribution in [3.63, 3.8) is 0 Å². The minimum absolute atomic E-state index is 0.648. The predicted molar refractivity (Wildman–Crippen MR) is 73.3 cm³/mol. The molecule has 0 amide bonds. The molecule has 0 bridgehead atoms. The lowest BCUT2D eigenvalue weighted by Crippen LogP contribution is -2.35. The molecule has 1 aromatic rings. The normalized spacial score (nSPS) is 26.7. The number of nitrogens with zero attached hydrogens (tertiary/aromatic N) is 2. The van der Waals surface area contributed by atoms with Crippen molar-refractivity contribution in [1.82, 2.24) is 0 Å². The Morgan fingerprint density at radius 2 is 2.06 bits per heavy atom. The van der Waals surface area contributed by atoms with Crippen LogP contribution in [0.2, 0.25) is 0 Å². The Kier molecular flexibility index (Phi) is 2.87. The maximum Gasteiger partial charge on any atom is 0.101 e. The molecule has 1 saturated carbocycles. The number of hydrogen-bond acceptors (Lipinski definition) is 3. The Labute approximate surface area is 108 Å². The number of fused-ring (bicyclic) bond motifs is 1. The molecule has 1 heterocycles. The van der Waals surface area contributed by atoms with Gasteiger partial charge in [0.1, 0.15) is 6.07 Å². The van der Waals surface area contributed by atoms with Crippen LogP contribution in [0, 0.1) is 17.2 Å². The van der Waals surface area contributed by atoms with Crippen molar-refractivity contribution in [2.45, 2.75) is 38.1 Å². The fourth-order valence-corrected chi connectivity index (χ4v) is 3.60. The molecule has 94 valence electrons. The number of nitrogens with two attached hydrogens (primary N) is 1. The molecular weight excluding hydrogens is 222 g/mol. The highest BCUT2D eigenvalue weighted by molar-refractivity contribution is 5.65. The summed E-state index contributed by atoms with van der Waals surface area (Å²) in [7, 11) is 0. The van der Waals surface area contributed by atoms with Gasteiger partial charge in [0, 0.05) is 18.3 Å². The number of nitriles is 1. The fourth-order valence-electron chi connectivity index (χ4n) is 3.60. The maximum atomic E-state index is 9.27. The lowest BCUT2D eigenvalue weighted by molar-refractivity contribution is 0.342. The van der Waals surface area contributed by atoms with Gasteiger partial charge in [-0.15, -0.1) is 0 Å². The van der Waals surface area contributed by atoms with Crippen molar-refractivity contribution in [3.8, 4) is 6.07 Å². The summed E-state index contributed by atoms with van der Waals surface area (Å²) in [6.07, 6.45) is 6.62. The molecule has 1 aliphatic carbocycles. The van der Waals surface area contributed by atoms with Crippen LogP contribution in [-0.2, 0) is 0 Å². The molecule has 1 aromatic carbocycles. The molecule has 0 aromatic heterocycles. The highest BCUT2D eigenvalue weighted by Gasteiger charge is 2.36. The quantitative estimate of drug-likeness (QED) is 0.769. The first-order valence-corrected chi connectivity index (χ1v) is 6.86. The monoisotopic (exact) mass is 241 g/mol. The Morgan fingerprint density at radius 1 is 1.22 bits per heavy atom. The molecule has 3 heteroatoms. The topological polar surface area (TPSA) is 53.1 Å². The zero-order valence-corrected chi connectivity index (χ0v) is 10.6. The predicted octanol–water partition coefficient (Wildman–Crippen LogP) is 2.91. The highest BCUT2D eigenvalue weighted by Crippen LogP contribution is 2.40. The van der Waals surface area contributed by atoms with Gasteiger partial charge in [0.2, 0.25) is 0 Å². The van der Waals surface area contributed by atoms with Crippen LogP contribution in [0.25, 0.3) is 0 Å². The summed E-state index contributed by atoms with van der Waals surface area (Å²) in [5, 5.41) is 9.27. The third-order valence-corrected chi connectivity index (χ3v) is 4.46. The van der Waals surface area contributed by atoms with Crippen LogP contribution in [-0.4, -0.2) is 12.6 Å². The Balaban J connectivity index is 1.93. The van der Waals surface area contributed by atoms with Gasteiger partial charge in [-0.3, -0.25) is 0 Å². The van der Waals surface area contributed by atoms with Crippen LogP contribution in [0.5, 0.6) is 0 Å². The van der Waals surface area contributed by atoms with Crippen LogP contribution in [0.3, 0.4) is 0 Å². The van der Waals surface area contributed by atoms with E-state index in [0.29, 0.717) is 11.7 Å². The number of anilines is 2. The van der Waals surface area contributed by atoms with Gasteiger partial charge >= 0.3 is 0 Å². The van der Waals surface area contributed by atoms with Crippen LogP contribution in [0.4, 0.5) is 11.4 Å². The summed E-state index contributed by atoms with van der Waals surface area (Å²) in [6, 6.07) is 8.66. The molecule has 0 spiro atoms. The number of hydrogen-bond donors (Lipinski definition) is 1. The van der Waals surface area contributed by atoms with E-state index in [0.717, 1.165) is 23.7 Å². The summed E-state index contributed by atoms with van der Waals surface area (Å²) >= 11 is 0. The molecule has 3 rings (SSSR count). The van der Waals surface area contributed by atoms with Gasteiger partial charge in [0.15, 0.2) is 0 Å². The molecule has 3 nitrogen and oxygen atoms in total. The number of rotatable bonds is 1. The number of benzene rings is 1. The molecule has 18 heavy (non-hydrogen) atoms. The third-order valence-electron chi connectivity index (χ3n) is 4.46. The summed E-state index contributed by atoms with van der Waals surface area (Å²) in [6.45, 7) is 1.09. The zero-order valence-electron chi connectivity index (χ0n) is 10.6. The van der Waals surface area contributed by atoms with Crippen molar-refractivity contribution < 1.29 is 0 Å². The van der Waals surface area contributed by atoms with Gasteiger partial charge < -0.3 is 10.6 Å². The second-order valence-electron chi connectivity index (χ2n) is 5.48. The molecule has 1 aliphatic heterocycles. The van der Waals surface area contributed by atoms with E-state index in [1.165, 1.54) is 32.1 Å². The molecular formula is C15H19N3. The molecule has 2 N–H and O–H groups in total. The summed E-state index contributed by atoms with van der Waals surface area (Å²) in [4.78, 5) is 2.45. The van der Waals surface area contributed by atoms with Crippen molar-refractivity contribution in [2.75, 3.05) is 17.2 Å². The van der Waals surface area contributed by atoms with Crippen LogP contribution >= 0.6 is 0 Å². The molecule has 2 fully saturated rings. The standard InChI is InChI=1S/C15H19N3/c16-10-12-9-13(17)5-6-15(12)18-8-7-11-3-1-2-4-14(11)18/h5-6,9,11,14H,1-4,7-8,17H2. The molecule has 0 radical (unpaired) electrons. The molecule has 2 unspecified atom stereocenters. The first-order chi connectivity index (χ1) is 8.79. The van der Waals surface area contributed by atoms with Gasteiger partial charge in [0.05, 0.1) is 11.3 Å². The van der Waals surface area contributed by atoms with E-state index in [2.05, 4.69) is 11.0 Å². The minimum Gasteiger partial charge on any atom is -0.399 e. The summed E-state index contributed by atoms with van der Waals surface area (Å²) < 4.78 is 0. The lowest BCUT2D eigenvalue weighted by atomic mass is 9.85. The van der Waals surface area contributed by atoms with E-state index in [-0.39, 0.29) is 0 Å². The molecule has 2 aliphatic rings. The number of nitrogen functional groups attached to an aromatic ring is 1. The highest BCUT2D eigenvalue weighted by atomic mass is 15.2. The average molecular weight is 241 g/mol. The van der Waals surface area contributed by atoms with E-state index in [9.17, 15) is 5.26 Å². The van der Waals surface area contributed by atoms with E-state index in [1.807, 2.05) is 12.1 Å². The second kappa shape index (κ2) is 4.53. The summed E-state index contributed by atoms with van der Waals surface area (Å²) in [5.41, 5.74) is 8.25. The van der Waals surface area contributed by atoms with Gasteiger partial charge in [-0.05, 0) is 43.4 Å². The Hall–Kier alpha value is -1.69. The van der Waals surface area contributed by atoms with E-state index in [4.69, 9.17) is 5.73 Å². The lowest BCUT2D eigenvalue weighted by Gasteiger charge is -2.33. The van der Waals surface area contributed by atoms with Crippen molar-refractivity contribution >= 4 is 11.4 Å².